The van der Waals surface area contributed by atoms with E-state index < -0.39 is 0 Å². The fourth-order valence-electron chi connectivity index (χ4n) is 2.98. The van der Waals surface area contributed by atoms with Crippen molar-refractivity contribution in [1.29, 1.82) is 0 Å². The third kappa shape index (κ3) is 3.71. The van der Waals surface area contributed by atoms with Gasteiger partial charge < -0.3 is 14.6 Å². The highest BCUT2D eigenvalue weighted by Crippen LogP contribution is 2.20. The molecule has 2 aromatic heterocycles. The Morgan fingerprint density at radius 1 is 1.11 bits per heavy atom. The summed E-state index contributed by atoms with van der Waals surface area (Å²) >= 11 is 0. The number of amides is 1. The average molecular weight is 375 g/mol. The number of rotatable bonds is 5. The Balaban J connectivity index is 1.39. The summed E-state index contributed by atoms with van der Waals surface area (Å²) in [5, 5.41) is 3.94. The van der Waals surface area contributed by atoms with Crippen LogP contribution in [0.3, 0.4) is 0 Å². The molecule has 0 atom stereocenters. The number of nitrogens with one attached hydrogen (secondary N) is 1. The quantitative estimate of drug-likeness (QED) is 0.561. The Morgan fingerprint density at radius 3 is 2.61 bits per heavy atom. The summed E-state index contributed by atoms with van der Waals surface area (Å²) in [7, 11) is 1.88. The lowest BCUT2D eigenvalue weighted by Gasteiger charge is -2.08. The molecule has 1 amide bonds. The van der Waals surface area contributed by atoms with Crippen molar-refractivity contribution in [3.8, 4) is 11.6 Å². The Bertz CT molecular complexity index is 1120. The van der Waals surface area contributed by atoms with Crippen molar-refractivity contribution in [2.75, 3.05) is 0 Å². The van der Waals surface area contributed by atoms with Crippen LogP contribution < -0.4 is 10.1 Å². The minimum Gasteiger partial charge on any atom is -0.439 e. The maximum Gasteiger partial charge on any atom is 0.268 e. The van der Waals surface area contributed by atoms with Crippen LogP contribution in [0.2, 0.25) is 0 Å². The highest BCUT2D eigenvalue weighted by Gasteiger charge is 2.12. The van der Waals surface area contributed by atoms with E-state index in [4.69, 9.17) is 4.74 Å². The number of aromatic nitrogens is 2. The van der Waals surface area contributed by atoms with Crippen LogP contribution in [0.15, 0.2) is 72.9 Å². The standard InChI is InChI=1S/C22H18FN3O2/c1-26-19-5-3-2-4-16(19)12-20(26)22(27)25-14-15-6-11-21(24-13-15)28-18-9-7-17(23)8-10-18/h2-13H,14H2,1H3,(H,25,27). The number of hydrogen-bond acceptors (Lipinski definition) is 3. The first kappa shape index (κ1) is 17.7. The second kappa shape index (κ2) is 7.52. The van der Waals surface area contributed by atoms with Crippen LogP contribution in [0, 0.1) is 5.82 Å². The van der Waals surface area contributed by atoms with Gasteiger partial charge in [-0.05, 0) is 42.0 Å². The van der Waals surface area contributed by atoms with Crippen molar-refractivity contribution in [2.24, 2.45) is 7.05 Å². The van der Waals surface area contributed by atoms with Crippen molar-refractivity contribution in [1.82, 2.24) is 14.9 Å². The zero-order chi connectivity index (χ0) is 19.5. The minimum absolute atomic E-state index is 0.148. The van der Waals surface area contributed by atoms with Gasteiger partial charge in [0.2, 0.25) is 5.88 Å². The molecule has 0 fully saturated rings. The van der Waals surface area contributed by atoms with Gasteiger partial charge in [0, 0.05) is 36.8 Å². The highest BCUT2D eigenvalue weighted by atomic mass is 19.1. The van der Waals surface area contributed by atoms with Crippen LogP contribution >= 0.6 is 0 Å². The first-order chi connectivity index (χ1) is 13.6. The van der Waals surface area contributed by atoms with Crippen LogP contribution in [0.1, 0.15) is 16.1 Å². The number of carbonyl (C=O) groups excluding carboxylic acids is 1. The van der Waals surface area contributed by atoms with E-state index in [0.29, 0.717) is 23.9 Å². The minimum atomic E-state index is -0.322. The molecule has 0 bridgehead atoms. The average Bonchev–Trinajstić information content (AvgIpc) is 3.06. The van der Waals surface area contributed by atoms with Gasteiger partial charge in [0.25, 0.3) is 5.91 Å². The van der Waals surface area contributed by atoms with E-state index in [2.05, 4.69) is 10.3 Å². The SMILES string of the molecule is Cn1c(C(=O)NCc2ccc(Oc3ccc(F)cc3)nc2)cc2ccccc21. The predicted molar refractivity (Wildman–Crippen MR) is 105 cm³/mol. The van der Waals surface area contributed by atoms with Crippen LogP contribution in [0.5, 0.6) is 11.6 Å². The second-order valence-corrected chi connectivity index (χ2v) is 6.39. The van der Waals surface area contributed by atoms with E-state index in [0.717, 1.165) is 16.5 Å². The third-order valence-corrected chi connectivity index (χ3v) is 4.47. The van der Waals surface area contributed by atoms with Gasteiger partial charge >= 0.3 is 0 Å². The van der Waals surface area contributed by atoms with Gasteiger partial charge in [-0.1, -0.05) is 24.3 Å². The lowest BCUT2D eigenvalue weighted by molar-refractivity contribution is 0.0943. The normalized spacial score (nSPS) is 10.8. The summed E-state index contributed by atoms with van der Waals surface area (Å²) in [5.41, 5.74) is 2.46. The number of benzene rings is 2. The molecule has 0 saturated heterocycles. The van der Waals surface area contributed by atoms with E-state index in [9.17, 15) is 9.18 Å². The van der Waals surface area contributed by atoms with Crippen molar-refractivity contribution in [3.63, 3.8) is 0 Å². The van der Waals surface area contributed by atoms with Gasteiger partial charge in [-0.3, -0.25) is 4.79 Å². The molecule has 0 saturated carbocycles. The van der Waals surface area contributed by atoms with Gasteiger partial charge in [-0.25, -0.2) is 9.37 Å². The van der Waals surface area contributed by atoms with Gasteiger partial charge in [-0.2, -0.15) is 0 Å². The summed E-state index contributed by atoms with van der Waals surface area (Å²) < 4.78 is 20.4. The summed E-state index contributed by atoms with van der Waals surface area (Å²) in [6, 6.07) is 19.0. The van der Waals surface area contributed by atoms with Gasteiger partial charge in [-0.15, -0.1) is 0 Å². The summed E-state index contributed by atoms with van der Waals surface area (Å²) in [6.07, 6.45) is 1.64. The monoisotopic (exact) mass is 375 g/mol. The van der Waals surface area contributed by atoms with Crippen molar-refractivity contribution in [2.45, 2.75) is 6.54 Å². The Kier molecular flexibility index (Phi) is 4.76. The smallest absolute Gasteiger partial charge is 0.268 e. The van der Waals surface area contributed by atoms with E-state index in [1.165, 1.54) is 24.3 Å². The topological polar surface area (TPSA) is 56.2 Å². The number of ether oxygens (including phenoxy) is 1. The molecule has 0 unspecified atom stereocenters. The van der Waals surface area contributed by atoms with Crippen LogP contribution in [0.25, 0.3) is 10.9 Å². The fourth-order valence-corrected chi connectivity index (χ4v) is 2.98. The van der Waals surface area contributed by atoms with E-state index in [1.807, 2.05) is 48.0 Å². The second-order valence-electron chi connectivity index (χ2n) is 6.39. The molecule has 2 aromatic carbocycles. The molecule has 140 valence electrons. The highest BCUT2D eigenvalue weighted by molar-refractivity contribution is 5.98. The lowest BCUT2D eigenvalue weighted by atomic mass is 10.2. The zero-order valence-electron chi connectivity index (χ0n) is 15.2. The molecule has 2 heterocycles. The number of hydrogen-bond donors (Lipinski definition) is 1. The molecule has 1 N–H and O–H groups in total. The van der Waals surface area contributed by atoms with Crippen LogP contribution in [0.4, 0.5) is 4.39 Å². The number of para-hydroxylation sites is 1. The molecule has 5 nitrogen and oxygen atoms in total. The summed E-state index contributed by atoms with van der Waals surface area (Å²) in [4.78, 5) is 16.8. The molecule has 4 rings (SSSR count). The number of aryl methyl sites for hydroxylation is 1. The summed E-state index contributed by atoms with van der Waals surface area (Å²) in [5.74, 6) is 0.434. The third-order valence-electron chi connectivity index (χ3n) is 4.47. The number of nitrogens with zero attached hydrogens (tertiary/aromatic N) is 2. The van der Waals surface area contributed by atoms with Crippen molar-refractivity contribution < 1.29 is 13.9 Å². The molecule has 28 heavy (non-hydrogen) atoms. The fraction of sp³-hybridized carbons (Fsp3) is 0.0909. The molecule has 0 aliphatic carbocycles. The molecule has 6 heteroatoms. The molecule has 0 aliphatic rings. The Morgan fingerprint density at radius 2 is 1.89 bits per heavy atom. The first-order valence-electron chi connectivity index (χ1n) is 8.81. The van der Waals surface area contributed by atoms with E-state index in [1.54, 1.807) is 12.3 Å². The number of pyridine rings is 1. The number of fused-ring (bicyclic) bond motifs is 1. The number of carbonyl (C=O) groups is 1. The molecular weight excluding hydrogens is 357 g/mol. The van der Waals surface area contributed by atoms with Gasteiger partial charge in [0.05, 0.1) is 0 Å². The predicted octanol–water partition coefficient (Wildman–Crippen LogP) is 4.43. The van der Waals surface area contributed by atoms with Crippen LogP contribution in [-0.4, -0.2) is 15.5 Å². The maximum absolute atomic E-state index is 12.9. The molecule has 4 aromatic rings. The Labute approximate surface area is 161 Å². The first-order valence-corrected chi connectivity index (χ1v) is 8.81. The van der Waals surface area contributed by atoms with Crippen molar-refractivity contribution >= 4 is 16.8 Å². The Hall–Kier alpha value is -3.67. The van der Waals surface area contributed by atoms with Crippen molar-refractivity contribution in [3.05, 3.63) is 90.0 Å². The molecule has 0 spiro atoms. The molecule has 0 radical (unpaired) electrons. The summed E-state index contributed by atoms with van der Waals surface area (Å²) in [6.45, 7) is 0.351. The van der Waals surface area contributed by atoms with Crippen LogP contribution in [-0.2, 0) is 13.6 Å². The van der Waals surface area contributed by atoms with E-state index in [-0.39, 0.29) is 11.7 Å². The lowest BCUT2D eigenvalue weighted by Crippen LogP contribution is -2.24. The maximum atomic E-state index is 12.9. The van der Waals surface area contributed by atoms with Gasteiger partial charge in [0.15, 0.2) is 0 Å². The number of halogens is 1. The molecular formula is C22H18FN3O2. The zero-order valence-corrected chi connectivity index (χ0v) is 15.2. The molecule has 0 aliphatic heterocycles. The van der Waals surface area contributed by atoms with E-state index >= 15 is 0 Å². The largest absolute Gasteiger partial charge is 0.439 e. The van der Waals surface area contributed by atoms with Gasteiger partial charge in [0.1, 0.15) is 17.3 Å².